The SMILES string of the molecule is Cc1[nH]c2c(c(=O)c1-c1ccc(Oc3cccc(Cl)c3)cc1)CCCC2. The van der Waals surface area contributed by atoms with E-state index in [0.29, 0.717) is 16.5 Å². The molecule has 4 heteroatoms. The number of aromatic nitrogens is 1. The Kier molecular flexibility index (Phi) is 4.56. The second-order valence-electron chi connectivity index (χ2n) is 6.70. The Balaban J connectivity index is 1.66. The standard InChI is InChI=1S/C22H20ClNO2/c1-14-21(22(25)19-7-2-3-8-20(19)24-14)15-9-11-17(12-10-15)26-18-6-4-5-16(23)13-18/h4-6,9-13H,2-3,7-8H2,1H3,(H,24,25). The molecule has 0 radical (unpaired) electrons. The average molecular weight is 366 g/mol. The second kappa shape index (κ2) is 7.00. The average Bonchev–Trinajstić information content (AvgIpc) is 2.63. The summed E-state index contributed by atoms with van der Waals surface area (Å²) in [7, 11) is 0. The Morgan fingerprint density at radius 3 is 2.54 bits per heavy atom. The quantitative estimate of drug-likeness (QED) is 0.649. The van der Waals surface area contributed by atoms with Gasteiger partial charge in [0.15, 0.2) is 5.43 Å². The Bertz CT molecular complexity index is 1010. The molecule has 132 valence electrons. The van der Waals surface area contributed by atoms with Crippen LogP contribution in [0.3, 0.4) is 0 Å². The summed E-state index contributed by atoms with van der Waals surface area (Å²) in [6.45, 7) is 1.97. The van der Waals surface area contributed by atoms with Crippen LogP contribution in [0, 0.1) is 6.92 Å². The first-order chi connectivity index (χ1) is 12.6. The fourth-order valence-corrected chi connectivity index (χ4v) is 3.79. The van der Waals surface area contributed by atoms with Crippen molar-refractivity contribution < 1.29 is 4.74 Å². The monoisotopic (exact) mass is 365 g/mol. The Morgan fingerprint density at radius 2 is 1.77 bits per heavy atom. The van der Waals surface area contributed by atoms with E-state index in [1.165, 1.54) is 0 Å². The van der Waals surface area contributed by atoms with Crippen molar-refractivity contribution in [3.05, 3.63) is 80.7 Å². The molecule has 1 aliphatic rings. The number of nitrogens with one attached hydrogen (secondary N) is 1. The molecule has 0 amide bonds. The first-order valence-electron chi connectivity index (χ1n) is 8.90. The van der Waals surface area contributed by atoms with Gasteiger partial charge >= 0.3 is 0 Å². The van der Waals surface area contributed by atoms with Crippen molar-refractivity contribution in [2.45, 2.75) is 32.6 Å². The highest BCUT2D eigenvalue weighted by atomic mass is 35.5. The Labute approximate surface area is 157 Å². The summed E-state index contributed by atoms with van der Waals surface area (Å²) in [5.41, 5.74) is 4.84. The zero-order valence-electron chi connectivity index (χ0n) is 14.6. The van der Waals surface area contributed by atoms with Crippen LogP contribution in [0.4, 0.5) is 0 Å². The van der Waals surface area contributed by atoms with E-state index in [2.05, 4.69) is 4.98 Å². The summed E-state index contributed by atoms with van der Waals surface area (Å²) < 4.78 is 5.83. The van der Waals surface area contributed by atoms with Gasteiger partial charge in [0.2, 0.25) is 0 Å². The number of H-pyrrole nitrogens is 1. The maximum atomic E-state index is 13.0. The molecule has 4 rings (SSSR count). The van der Waals surface area contributed by atoms with Crippen molar-refractivity contribution in [3.63, 3.8) is 0 Å². The van der Waals surface area contributed by atoms with E-state index in [1.54, 1.807) is 6.07 Å². The fraction of sp³-hybridized carbons (Fsp3) is 0.227. The van der Waals surface area contributed by atoms with Crippen LogP contribution in [0.25, 0.3) is 11.1 Å². The normalized spacial score (nSPS) is 13.3. The molecule has 0 saturated heterocycles. The number of aromatic amines is 1. The molecule has 0 saturated carbocycles. The molecule has 0 spiro atoms. The Morgan fingerprint density at radius 1 is 1.00 bits per heavy atom. The molecule has 1 N–H and O–H groups in total. The van der Waals surface area contributed by atoms with Gasteiger partial charge in [0.1, 0.15) is 11.5 Å². The molecule has 26 heavy (non-hydrogen) atoms. The summed E-state index contributed by atoms with van der Waals surface area (Å²) in [4.78, 5) is 16.4. The number of rotatable bonds is 3. The molecule has 3 nitrogen and oxygen atoms in total. The van der Waals surface area contributed by atoms with Gasteiger partial charge < -0.3 is 9.72 Å². The van der Waals surface area contributed by atoms with E-state index in [0.717, 1.165) is 53.8 Å². The lowest BCUT2D eigenvalue weighted by molar-refractivity contribution is 0.483. The molecule has 3 aromatic rings. The van der Waals surface area contributed by atoms with Gasteiger partial charge in [-0.1, -0.05) is 29.8 Å². The summed E-state index contributed by atoms with van der Waals surface area (Å²) in [6.07, 6.45) is 4.08. The van der Waals surface area contributed by atoms with Gasteiger partial charge in [-0.3, -0.25) is 4.79 Å². The molecule has 0 bridgehead atoms. The third-order valence-corrected chi connectivity index (χ3v) is 5.09. The van der Waals surface area contributed by atoms with E-state index in [9.17, 15) is 4.79 Å². The fourth-order valence-electron chi connectivity index (χ4n) is 3.61. The third kappa shape index (κ3) is 3.27. The molecule has 0 atom stereocenters. The van der Waals surface area contributed by atoms with Crippen molar-refractivity contribution in [1.29, 1.82) is 0 Å². The first-order valence-corrected chi connectivity index (χ1v) is 9.28. The van der Waals surface area contributed by atoms with Gasteiger partial charge in [0.25, 0.3) is 0 Å². The van der Waals surface area contributed by atoms with E-state index < -0.39 is 0 Å². The van der Waals surface area contributed by atoms with Crippen LogP contribution >= 0.6 is 11.6 Å². The van der Waals surface area contributed by atoms with Crippen LogP contribution in [-0.2, 0) is 12.8 Å². The predicted octanol–water partition coefficient (Wildman–Crippen LogP) is 5.67. The number of fused-ring (bicyclic) bond motifs is 1. The van der Waals surface area contributed by atoms with Gasteiger partial charge in [-0.25, -0.2) is 0 Å². The van der Waals surface area contributed by atoms with Crippen molar-refractivity contribution >= 4 is 11.6 Å². The highest BCUT2D eigenvalue weighted by molar-refractivity contribution is 6.30. The molecule has 0 aliphatic heterocycles. The first kappa shape index (κ1) is 16.9. The van der Waals surface area contributed by atoms with Crippen molar-refractivity contribution in [2.75, 3.05) is 0 Å². The van der Waals surface area contributed by atoms with Crippen LogP contribution in [0.2, 0.25) is 5.02 Å². The minimum absolute atomic E-state index is 0.166. The highest BCUT2D eigenvalue weighted by Gasteiger charge is 2.18. The van der Waals surface area contributed by atoms with Crippen LogP contribution in [0.1, 0.15) is 29.8 Å². The van der Waals surface area contributed by atoms with Gasteiger partial charge in [0.05, 0.1) is 0 Å². The topological polar surface area (TPSA) is 42.1 Å². The van der Waals surface area contributed by atoms with E-state index in [-0.39, 0.29) is 5.43 Å². The molecular formula is C22H20ClNO2. The van der Waals surface area contributed by atoms with E-state index in [1.807, 2.05) is 49.4 Å². The van der Waals surface area contributed by atoms with Gasteiger partial charge in [0, 0.05) is 27.5 Å². The highest BCUT2D eigenvalue weighted by Crippen LogP contribution is 2.28. The summed E-state index contributed by atoms with van der Waals surface area (Å²) >= 11 is 5.99. The van der Waals surface area contributed by atoms with Crippen LogP contribution < -0.4 is 10.2 Å². The number of pyridine rings is 1. The van der Waals surface area contributed by atoms with Gasteiger partial charge in [-0.2, -0.15) is 0 Å². The molecular weight excluding hydrogens is 346 g/mol. The smallest absolute Gasteiger partial charge is 0.193 e. The lowest BCUT2D eigenvalue weighted by Gasteiger charge is -2.18. The summed E-state index contributed by atoms with van der Waals surface area (Å²) in [5, 5.41) is 0.635. The lowest BCUT2D eigenvalue weighted by atomic mass is 9.91. The molecule has 1 aromatic heterocycles. The molecule has 0 fully saturated rings. The summed E-state index contributed by atoms with van der Waals surface area (Å²) in [5.74, 6) is 1.40. The van der Waals surface area contributed by atoms with Crippen molar-refractivity contribution in [1.82, 2.24) is 4.98 Å². The number of benzene rings is 2. The number of halogens is 1. The number of ether oxygens (including phenoxy) is 1. The van der Waals surface area contributed by atoms with Crippen LogP contribution in [0.15, 0.2) is 53.3 Å². The van der Waals surface area contributed by atoms with E-state index >= 15 is 0 Å². The Hall–Kier alpha value is -2.52. The molecule has 1 heterocycles. The minimum atomic E-state index is 0.166. The summed E-state index contributed by atoms with van der Waals surface area (Å²) in [6, 6.07) is 14.9. The maximum Gasteiger partial charge on any atom is 0.193 e. The van der Waals surface area contributed by atoms with Crippen molar-refractivity contribution in [2.24, 2.45) is 0 Å². The molecule has 1 aliphatic carbocycles. The second-order valence-corrected chi connectivity index (χ2v) is 7.14. The third-order valence-electron chi connectivity index (χ3n) is 4.86. The minimum Gasteiger partial charge on any atom is -0.457 e. The predicted molar refractivity (Wildman–Crippen MR) is 105 cm³/mol. The number of aryl methyl sites for hydroxylation is 2. The number of hydrogen-bond donors (Lipinski definition) is 1. The van der Waals surface area contributed by atoms with Gasteiger partial charge in [-0.05, 0) is 68.5 Å². The number of hydrogen-bond acceptors (Lipinski definition) is 2. The van der Waals surface area contributed by atoms with Crippen LogP contribution in [0.5, 0.6) is 11.5 Å². The lowest BCUT2D eigenvalue weighted by Crippen LogP contribution is -2.21. The zero-order valence-corrected chi connectivity index (χ0v) is 15.4. The molecule has 2 aromatic carbocycles. The van der Waals surface area contributed by atoms with Gasteiger partial charge in [-0.15, -0.1) is 0 Å². The van der Waals surface area contributed by atoms with E-state index in [4.69, 9.17) is 16.3 Å². The zero-order chi connectivity index (χ0) is 18.1. The molecule has 0 unspecified atom stereocenters. The van der Waals surface area contributed by atoms with Crippen LogP contribution in [-0.4, -0.2) is 4.98 Å². The maximum absolute atomic E-state index is 13.0. The largest absolute Gasteiger partial charge is 0.457 e. The van der Waals surface area contributed by atoms with Crippen molar-refractivity contribution in [3.8, 4) is 22.6 Å².